The van der Waals surface area contributed by atoms with Crippen LogP contribution in [-0.2, 0) is 19.7 Å². The van der Waals surface area contributed by atoms with Crippen molar-refractivity contribution < 1.29 is 27.1 Å². The number of anilines is 1. The van der Waals surface area contributed by atoms with Gasteiger partial charge in [-0.25, -0.2) is 27.2 Å². The van der Waals surface area contributed by atoms with Gasteiger partial charge >= 0.3 is 5.97 Å². The van der Waals surface area contributed by atoms with E-state index in [-0.39, 0.29) is 47.0 Å². The summed E-state index contributed by atoms with van der Waals surface area (Å²) in [6.45, 7) is 1.99. The van der Waals surface area contributed by atoms with Gasteiger partial charge in [0.05, 0.1) is 26.5 Å². The van der Waals surface area contributed by atoms with Crippen molar-refractivity contribution >= 4 is 78.4 Å². The zero-order chi connectivity index (χ0) is 26.8. The molecule has 11 nitrogen and oxygen atoms in total. The smallest absolute Gasteiger partial charge is 0.332 e. The Labute approximate surface area is 229 Å². The number of nitrogens with one attached hydrogen (secondary N) is 2. The van der Waals surface area contributed by atoms with E-state index in [9.17, 15) is 17.6 Å². The molecule has 2 aromatic heterocycles. The summed E-state index contributed by atoms with van der Waals surface area (Å²) >= 11 is 10.1. The lowest BCUT2D eigenvalue weighted by molar-refractivity contribution is -0.147. The number of aliphatic imine (C=N–C) groups is 1. The lowest BCUT2D eigenvalue weighted by Crippen LogP contribution is -2.29. The molecule has 0 saturated heterocycles. The van der Waals surface area contributed by atoms with Gasteiger partial charge in [0.2, 0.25) is 5.82 Å². The van der Waals surface area contributed by atoms with Crippen LogP contribution in [-0.4, -0.2) is 49.0 Å². The largest absolute Gasteiger partial charge is 0.365 e. The van der Waals surface area contributed by atoms with E-state index in [0.29, 0.717) is 21.3 Å². The van der Waals surface area contributed by atoms with E-state index in [0.717, 1.165) is 0 Å². The third-order valence-electron chi connectivity index (χ3n) is 4.38. The Kier molecular flexibility index (Phi) is 10.5. The molecule has 3 rings (SSSR count). The molecular formula is C21H21BrClFN6O5S2. The number of carbonyl (C=O) groups is 1. The van der Waals surface area contributed by atoms with E-state index in [1.54, 1.807) is 12.1 Å². The van der Waals surface area contributed by atoms with Gasteiger partial charge in [-0.15, -0.1) is 11.3 Å². The highest BCUT2D eigenvalue weighted by atomic mass is 79.9. The number of hydroxylamine groups is 1. The second-order valence-electron chi connectivity index (χ2n) is 7.29. The number of hydrogen-bond donors (Lipinski definition) is 2. The highest BCUT2D eigenvalue weighted by molar-refractivity contribution is 9.10. The van der Waals surface area contributed by atoms with Crippen molar-refractivity contribution in [1.29, 1.82) is 0 Å². The summed E-state index contributed by atoms with van der Waals surface area (Å²) in [5, 5.41) is 10.5. The third-order valence-corrected chi connectivity index (χ3v) is 7.38. The average Bonchev–Trinajstić information content (AvgIpc) is 3.49. The predicted molar refractivity (Wildman–Crippen MR) is 143 cm³/mol. The Bertz CT molecular complexity index is 1400. The summed E-state index contributed by atoms with van der Waals surface area (Å²) in [6.07, 6.45) is 2.18. The van der Waals surface area contributed by atoms with Crippen molar-refractivity contribution in [2.45, 2.75) is 26.2 Å². The third kappa shape index (κ3) is 9.18. The second kappa shape index (κ2) is 13.6. The van der Waals surface area contributed by atoms with Crippen molar-refractivity contribution in [3.8, 4) is 0 Å². The molecule has 0 aliphatic carbocycles. The van der Waals surface area contributed by atoms with E-state index < -0.39 is 21.8 Å². The van der Waals surface area contributed by atoms with Gasteiger partial charge in [-0.2, -0.15) is 9.88 Å². The fourth-order valence-corrected chi connectivity index (χ4v) is 4.93. The van der Waals surface area contributed by atoms with Gasteiger partial charge in [0.15, 0.2) is 11.5 Å². The predicted octanol–water partition coefficient (Wildman–Crippen LogP) is 4.86. The van der Waals surface area contributed by atoms with Crippen molar-refractivity contribution in [1.82, 2.24) is 15.8 Å². The number of halogens is 3. The maximum atomic E-state index is 13.6. The van der Waals surface area contributed by atoms with E-state index in [4.69, 9.17) is 21.1 Å². The number of nitrogens with zero attached hydrogens (tertiary/aromatic N) is 4. The molecule has 0 spiro atoms. The quantitative estimate of drug-likeness (QED) is 0.130. The van der Waals surface area contributed by atoms with E-state index >= 15 is 0 Å². The SMILES string of the molecule is CCCC(=O)ONC(=Nc1ccc(F)c(Br)c1)c1nonc1NCCCS(=O)(=O)N=Cc1ccc(Cl)s1. The molecule has 0 atom stereocenters. The Morgan fingerprint density at radius 2 is 2.14 bits per heavy atom. The Balaban J connectivity index is 1.68. The molecule has 3 aromatic rings. The van der Waals surface area contributed by atoms with E-state index in [1.165, 1.54) is 35.8 Å². The molecule has 0 bridgehead atoms. The fourth-order valence-electron chi connectivity index (χ4n) is 2.67. The summed E-state index contributed by atoms with van der Waals surface area (Å²) in [7, 11) is -3.71. The van der Waals surface area contributed by atoms with Crippen LogP contribution in [0.3, 0.4) is 0 Å². The Morgan fingerprint density at radius 1 is 1.32 bits per heavy atom. The van der Waals surface area contributed by atoms with Crippen LogP contribution in [0.25, 0.3) is 0 Å². The summed E-state index contributed by atoms with van der Waals surface area (Å²) in [4.78, 5) is 21.8. The molecule has 0 fully saturated rings. The van der Waals surface area contributed by atoms with Crippen molar-refractivity contribution in [3.63, 3.8) is 0 Å². The van der Waals surface area contributed by atoms with Crippen LogP contribution in [0.5, 0.6) is 0 Å². The van der Waals surface area contributed by atoms with Crippen LogP contribution < -0.4 is 10.8 Å². The first-order valence-electron chi connectivity index (χ1n) is 10.8. The molecule has 2 heterocycles. The van der Waals surface area contributed by atoms with Crippen LogP contribution in [0, 0.1) is 5.82 Å². The molecule has 0 unspecified atom stereocenters. The molecule has 0 amide bonds. The van der Waals surface area contributed by atoms with Gasteiger partial charge in [0.1, 0.15) is 5.82 Å². The molecule has 0 aliphatic heterocycles. The Morgan fingerprint density at radius 3 is 2.84 bits per heavy atom. The number of amidine groups is 1. The number of hydrogen-bond acceptors (Lipinski definition) is 10. The van der Waals surface area contributed by atoms with Crippen molar-refractivity contribution in [3.05, 3.63) is 55.5 Å². The van der Waals surface area contributed by atoms with Crippen LogP contribution in [0.15, 0.2) is 48.8 Å². The summed E-state index contributed by atoms with van der Waals surface area (Å²) in [5.74, 6) is -1.16. The lowest BCUT2D eigenvalue weighted by atomic mass is 10.3. The highest BCUT2D eigenvalue weighted by Gasteiger charge is 2.19. The zero-order valence-corrected chi connectivity index (χ0v) is 23.3. The molecule has 198 valence electrons. The van der Waals surface area contributed by atoms with Crippen molar-refractivity contribution in [2.75, 3.05) is 17.6 Å². The van der Waals surface area contributed by atoms with E-state index in [1.807, 2.05) is 6.92 Å². The number of aromatic nitrogens is 2. The average molecular weight is 636 g/mol. The molecule has 16 heteroatoms. The number of rotatable bonds is 11. The summed E-state index contributed by atoms with van der Waals surface area (Å²) in [6, 6.07) is 7.36. The fraction of sp³-hybridized carbons (Fsp3) is 0.286. The first kappa shape index (κ1) is 28.7. The maximum absolute atomic E-state index is 13.6. The van der Waals surface area contributed by atoms with Crippen LogP contribution >= 0.6 is 38.9 Å². The second-order valence-corrected chi connectivity index (χ2v) is 11.7. The molecule has 2 N–H and O–H groups in total. The summed E-state index contributed by atoms with van der Waals surface area (Å²) < 4.78 is 47.2. The normalized spacial score (nSPS) is 12.2. The number of benzene rings is 1. The number of sulfonamides is 1. The van der Waals surface area contributed by atoms with Gasteiger partial charge in [0.25, 0.3) is 10.0 Å². The summed E-state index contributed by atoms with van der Waals surface area (Å²) in [5.41, 5.74) is 2.81. The van der Waals surface area contributed by atoms with Crippen LogP contribution in [0.4, 0.5) is 15.9 Å². The molecule has 0 radical (unpaired) electrons. The van der Waals surface area contributed by atoms with Crippen molar-refractivity contribution in [2.24, 2.45) is 9.39 Å². The molecule has 0 aliphatic rings. The van der Waals surface area contributed by atoms with Gasteiger partial charge in [-0.3, -0.25) is 0 Å². The van der Waals surface area contributed by atoms with Crippen LogP contribution in [0.2, 0.25) is 4.34 Å². The topological polar surface area (TPSA) is 148 Å². The minimum absolute atomic E-state index is 0.0430. The first-order valence-corrected chi connectivity index (χ1v) is 14.4. The molecule has 1 aromatic carbocycles. The standard InChI is InChI=1S/C21H21BrClFN6O5S2/c1-2-4-18(31)34-29-21(27-13-5-7-16(24)15(22)11-13)19-20(30-35-28-19)25-9-3-10-37(32,33)26-12-14-6-8-17(23)36-14/h5-8,11-12H,2-4,9-10H2,1H3,(H,25,30)(H,27,29). The first-order chi connectivity index (χ1) is 17.7. The number of carbonyl (C=O) groups excluding carboxylic acids is 1. The van der Waals surface area contributed by atoms with Gasteiger partial charge in [-0.05, 0) is 69.4 Å². The Hall–Kier alpha value is -2.88. The van der Waals surface area contributed by atoms with Gasteiger partial charge in [-0.1, -0.05) is 18.5 Å². The number of thiophene rings is 1. The molecular weight excluding hydrogens is 615 g/mol. The highest BCUT2D eigenvalue weighted by Crippen LogP contribution is 2.23. The van der Waals surface area contributed by atoms with E-state index in [2.05, 4.69) is 46.4 Å². The monoisotopic (exact) mass is 634 g/mol. The maximum Gasteiger partial charge on any atom is 0.332 e. The van der Waals surface area contributed by atoms with Crippen LogP contribution in [0.1, 0.15) is 36.8 Å². The molecule has 37 heavy (non-hydrogen) atoms. The lowest BCUT2D eigenvalue weighted by Gasteiger charge is -2.09. The zero-order valence-electron chi connectivity index (χ0n) is 19.3. The minimum atomic E-state index is -3.71. The van der Waals surface area contributed by atoms with Gasteiger partial charge < -0.3 is 10.2 Å². The molecule has 0 saturated carbocycles. The minimum Gasteiger partial charge on any atom is -0.365 e. The van der Waals surface area contributed by atoms with Gasteiger partial charge in [0, 0.05) is 17.8 Å².